The van der Waals surface area contributed by atoms with Crippen LogP contribution in [0.5, 0.6) is 0 Å². The molecule has 0 radical (unpaired) electrons. The molecular weight excluding hydrogens is 256 g/mol. The number of aliphatic hydroxyl groups excluding tert-OH is 2. The van der Waals surface area contributed by atoms with Gasteiger partial charge in [-0.1, -0.05) is 32.6 Å². The second kappa shape index (κ2) is 5.91. The third-order valence-electron chi connectivity index (χ3n) is 5.38. The Hall–Kier alpha value is -0.160. The highest BCUT2D eigenvalue weighted by atomic mass is 16.8. The Kier molecular flexibility index (Phi) is 4.37. The lowest BCUT2D eigenvalue weighted by Gasteiger charge is -2.47. The van der Waals surface area contributed by atoms with Crippen molar-refractivity contribution in [2.24, 2.45) is 5.92 Å². The van der Waals surface area contributed by atoms with E-state index in [0.717, 1.165) is 32.1 Å². The maximum absolute atomic E-state index is 10.4. The first-order valence-corrected chi connectivity index (χ1v) is 8.39. The van der Waals surface area contributed by atoms with Crippen LogP contribution in [-0.2, 0) is 9.47 Å². The summed E-state index contributed by atoms with van der Waals surface area (Å²) in [7, 11) is 0. The van der Waals surface area contributed by atoms with E-state index in [9.17, 15) is 10.2 Å². The number of hydrogen-bond donors (Lipinski definition) is 2. The summed E-state index contributed by atoms with van der Waals surface area (Å²) >= 11 is 0. The van der Waals surface area contributed by atoms with Gasteiger partial charge in [0.2, 0.25) is 5.79 Å². The van der Waals surface area contributed by atoms with Crippen molar-refractivity contribution in [2.75, 3.05) is 0 Å². The molecule has 0 unspecified atom stereocenters. The van der Waals surface area contributed by atoms with E-state index in [2.05, 4.69) is 6.92 Å². The molecule has 4 nitrogen and oxygen atoms in total. The molecule has 4 heteroatoms. The molecule has 1 spiro atoms. The average Bonchev–Trinajstić information content (AvgIpc) is 2.74. The molecule has 6 atom stereocenters. The number of fused-ring (bicyclic) bond motifs is 1. The largest absolute Gasteiger partial charge is 0.390 e. The first-order chi connectivity index (χ1) is 9.67. The lowest BCUT2D eigenvalue weighted by atomic mass is 9.76. The number of hydrogen-bond acceptors (Lipinski definition) is 4. The fourth-order valence-electron chi connectivity index (χ4n) is 4.20. The fourth-order valence-corrected chi connectivity index (χ4v) is 4.20. The Morgan fingerprint density at radius 1 is 1.00 bits per heavy atom. The Bertz CT molecular complexity index is 330. The molecule has 116 valence electrons. The van der Waals surface area contributed by atoms with Gasteiger partial charge in [0.25, 0.3) is 0 Å². The van der Waals surface area contributed by atoms with Gasteiger partial charge in [-0.25, -0.2) is 0 Å². The smallest absolute Gasteiger partial charge is 0.200 e. The lowest BCUT2D eigenvalue weighted by molar-refractivity contribution is -0.308. The minimum absolute atomic E-state index is 0.108. The van der Waals surface area contributed by atoms with Crippen molar-refractivity contribution in [3.05, 3.63) is 0 Å². The van der Waals surface area contributed by atoms with Crippen LogP contribution in [0.1, 0.15) is 64.7 Å². The topological polar surface area (TPSA) is 58.9 Å². The van der Waals surface area contributed by atoms with Crippen LogP contribution in [0.15, 0.2) is 0 Å². The van der Waals surface area contributed by atoms with E-state index >= 15 is 0 Å². The molecule has 1 aliphatic carbocycles. The van der Waals surface area contributed by atoms with E-state index in [1.165, 1.54) is 19.3 Å². The summed E-state index contributed by atoms with van der Waals surface area (Å²) in [4.78, 5) is 0. The molecule has 0 aromatic carbocycles. The van der Waals surface area contributed by atoms with Crippen LogP contribution < -0.4 is 0 Å². The normalized spacial score (nSPS) is 47.2. The zero-order valence-electron chi connectivity index (χ0n) is 12.5. The Labute approximate surface area is 121 Å². The Morgan fingerprint density at radius 2 is 1.80 bits per heavy atom. The summed E-state index contributed by atoms with van der Waals surface area (Å²) in [5, 5.41) is 20.3. The molecule has 0 amide bonds. The summed E-state index contributed by atoms with van der Waals surface area (Å²) in [5.74, 6) is -0.659. The van der Waals surface area contributed by atoms with Gasteiger partial charge in [0, 0.05) is 5.92 Å². The molecule has 0 aromatic rings. The van der Waals surface area contributed by atoms with E-state index < -0.39 is 18.0 Å². The molecule has 2 saturated heterocycles. The second-order valence-corrected chi connectivity index (χ2v) is 6.75. The van der Waals surface area contributed by atoms with Gasteiger partial charge in [0.15, 0.2) is 0 Å². The maximum atomic E-state index is 10.4. The first-order valence-electron chi connectivity index (χ1n) is 8.39. The second-order valence-electron chi connectivity index (χ2n) is 6.75. The van der Waals surface area contributed by atoms with E-state index in [1.807, 2.05) is 0 Å². The third-order valence-corrected chi connectivity index (χ3v) is 5.38. The van der Waals surface area contributed by atoms with Crippen molar-refractivity contribution in [1.29, 1.82) is 0 Å². The van der Waals surface area contributed by atoms with Gasteiger partial charge >= 0.3 is 0 Å². The molecule has 3 fully saturated rings. The first kappa shape index (κ1) is 14.8. The quantitative estimate of drug-likeness (QED) is 0.761. The van der Waals surface area contributed by atoms with Crippen LogP contribution in [0.2, 0.25) is 0 Å². The van der Waals surface area contributed by atoms with Gasteiger partial charge in [0.05, 0.1) is 18.3 Å². The van der Waals surface area contributed by atoms with Gasteiger partial charge < -0.3 is 19.7 Å². The van der Waals surface area contributed by atoms with Crippen LogP contribution in [0.4, 0.5) is 0 Å². The summed E-state index contributed by atoms with van der Waals surface area (Å²) in [6, 6.07) is 0. The molecule has 2 aliphatic heterocycles. The Balaban J connectivity index is 1.64. The molecule has 2 N–H and O–H groups in total. The highest BCUT2D eigenvalue weighted by molar-refractivity contribution is 5.04. The third kappa shape index (κ3) is 2.41. The minimum atomic E-state index is -0.907. The van der Waals surface area contributed by atoms with Crippen LogP contribution in [-0.4, -0.2) is 40.4 Å². The zero-order chi connectivity index (χ0) is 14.2. The highest BCUT2D eigenvalue weighted by Crippen LogP contribution is 2.51. The molecule has 2 heterocycles. The Morgan fingerprint density at radius 3 is 2.60 bits per heavy atom. The molecule has 2 bridgehead atoms. The summed E-state index contributed by atoms with van der Waals surface area (Å²) in [6.07, 6.45) is 8.21. The van der Waals surface area contributed by atoms with E-state index in [0.29, 0.717) is 6.42 Å². The van der Waals surface area contributed by atoms with Gasteiger partial charge in [0.1, 0.15) is 6.10 Å². The van der Waals surface area contributed by atoms with Crippen LogP contribution in [0.25, 0.3) is 0 Å². The number of unbranched alkanes of at least 4 members (excludes halogenated alkanes) is 3. The SMILES string of the molecule is CCCCCC[C@H]1O[C@@]23O[C@@H]1CC[C@@H]2CC[C@H](O)[C@@H]3O. The van der Waals surface area contributed by atoms with Crippen LogP contribution in [0.3, 0.4) is 0 Å². The van der Waals surface area contributed by atoms with Crippen molar-refractivity contribution < 1.29 is 19.7 Å². The summed E-state index contributed by atoms with van der Waals surface area (Å²) in [5.41, 5.74) is 0. The predicted octanol–water partition coefficient (Wildman–Crippen LogP) is 2.36. The zero-order valence-corrected chi connectivity index (χ0v) is 12.5. The molecule has 0 aromatic heterocycles. The molecule has 3 rings (SSSR count). The van der Waals surface area contributed by atoms with Crippen molar-refractivity contribution in [1.82, 2.24) is 0 Å². The van der Waals surface area contributed by atoms with Gasteiger partial charge in [-0.15, -0.1) is 0 Å². The predicted molar refractivity (Wildman–Crippen MR) is 75.2 cm³/mol. The number of aliphatic hydroxyl groups is 2. The lowest BCUT2D eigenvalue weighted by Crippen LogP contribution is -2.59. The maximum Gasteiger partial charge on any atom is 0.200 e. The fraction of sp³-hybridized carbons (Fsp3) is 1.00. The minimum Gasteiger partial charge on any atom is -0.390 e. The monoisotopic (exact) mass is 284 g/mol. The standard InChI is InChI=1S/C16H28O4/c1-2-3-4-5-6-13-14-10-8-11-7-9-12(17)15(18)16(11,19-13)20-14/h11-15,17-18H,2-10H2,1H3/t11-,12-,13+,14+,15-,16+/m0/s1. The molecule has 1 saturated carbocycles. The van der Waals surface area contributed by atoms with Gasteiger partial charge in [-0.05, 0) is 32.1 Å². The highest BCUT2D eigenvalue weighted by Gasteiger charge is 2.62. The molecule has 20 heavy (non-hydrogen) atoms. The van der Waals surface area contributed by atoms with Crippen molar-refractivity contribution in [3.63, 3.8) is 0 Å². The number of rotatable bonds is 5. The van der Waals surface area contributed by atoms with E-state index in [1.54, 1.807) is 0 Å². The molecule has 3 aliphatic rings. The molecular formula is C16H28O4. The van der Waals surface area contributed by atoms with E-state index in [-0.39, 0.29) is 18.1 Å². The van der Waals surface area contributed by atoms with Gasteiger partial charge in [-0.2, -0.15) is 0 Å². The number of ether oxygens (including phenoxy) is 2. The van der Waals surface area contributed by atoms with Crippen LogP contribution >= 0.6 is 0 Å². The van der Waals surface area contributed by atoms with Crippen molar-refractivity contribution >= 4 is 0 Å². The van der Waals surface area contributed by atoms with Crippen LogP contribution in [0, 0.1) is 5.92 Å². The average molecular weight is 284 g/mol. The van der Waals surface area contributed by atoms with Gasteiger partial charge in [-0.3, -0.25) is 0 Å². The summed E-state index contributed by atoms with van der Waals surface area (Å²) in [6.45, 7) is 2.21. The van der Waals surface area contributed by atoms with Crippen molar-refractivity contribution in [2.45, 2.75) is 94.9 Å². The summed E-state index contributed by atoms with van der Waals surface area (Å²) < 4.78 is 12.3. The van der Waals surface area contributed by atoms with Crippen molar-refractivity contribution in [3.8, 4) is 0 Å². The van der Waals surface area contributed by atoms with E-state index in [4.69, 9.17) is 9.47 Å².